The molecule has 0 fully saturated rings. The first kappa shape index (κ1) is 18.3. The summed E-state index contributed by atoms with van der Waals surface area (Å²) in [5, 5.41) is 13.5. The Hall–Kier alpha value is -2.02. The van der Waals surface area contributed by atoms with Crippen LogP contribution in [0.2, 0.25) is 0 Å². The summed E-state index contributed by atoms with van der Waals surface area (Å²) < 4.78 is 0. The van der Waals surface area contributed by atoms with Gasteiger partial charge in [0, 0.05) is 0 Å². The standard InChI is InChI=1S/C12H18.2CNO/c1-9(2)11-7-5-6-8-12(11)10(3)4;2*2-1-3/h5-10H,1-4H3;;/q;2*-1. The average Bonchev–Trinajstić information content (AvgIpc) is 2.31. The normalized spacial score (nSPS) is 8.33. The summed E-state index contributed by atoms with van der Waals surface area (Å²) >= 11 is 0. The van der Waals surface area contributed by atoms with Gasteiger partial charge in [-0.05, 0) is 35.1 Å². The zero-order valence-corrected chi connectivity index (χ0v) is 11.2. The molecule has 0 aliphatic heterocycles. The fraction of sp³-hybridized carbons (Fsp3) is 0.429. The molecule has 18 heavy (non-hydrogen) atoms. The lowest BCUT2D eigenvalue weighted by Gasteiger charge is -2.14. The zero-order valence-electron chi connectivity index (χ0n) is 11.2. The molecule has 0 bridgehead atoms. The van der Waals surface area contributed by atoms with Crippen LogP contribution >= 0.6 is 0 Å². The third-order valence-corrected chi connectivity index (χ3v) is 2.24. The van der Waals surface area contributed by atoms with E-state index >= 15 is 0 Å². The molecule has 0 aromatic heterocycles. The van der Waals surface area contributed by atoms with Gasteiger partial charge in [0.05, 0.1) is 0 Å². The van der Waals surface area contributed by atoms with E-state index in [9.17, 15) is 0 Å². The van der Waals surface area contributed by atoms with Crippen molar-refractivity contribution in [3.63, 3.8) is 0 Å². The molecule has 4 nitrogen and oxygen atoms in total. The molecule has 0 atom stereocenters. The van der Waals surface area contributed by atoms with Crippen LogP contribution in [-0.4, -0.2) is 12.2 Å². The van der Waals surface area contributed by atoms with Gasteiger partial charge in [0.1, 0.15) is 0 Å². The van der Waals surface area contributed by atoms with Crippen molar-refractivity contribution in [1.82, 2.24) is 0 Å². The molecule has 0 spiro atoms. The van der Waals surface area contributed by atoms with Crippen LogP contribution in [-0.2, 0) is 9.59 Å². The monoisotopic (exact) mass is 246 g/mol. The minimum Gasteiger partial charge on any atom is -0.724 e. The fourth-order valence-electron chi connectivity index (χ4n) is 1.56. The summed E-state index contributed by atoms with van der Waals surface area (Å²) in [6, 6.07) is 8.72. The van der Waals surface area contributed by atoms with Crippen molar-refractivity contribution < 1.29 is 9.59 Å². The number of carbonyl (C=O) groups excluding carboxylic acids is 2. The van der Waals surface area contributed by atoms with Crippen LogP contribution in [0.5, 0.6) is 0 Å². The predicted molar refractivity (Wildman–Crippen MR) is 72.7 cm³/mol. The van der Waals surface area contributed by atoms with Crippen LogP contribution in [0.1, 0.15) is 50.7 Å². The lowest BCUT2D eigenvalue weighted by molar-refractivity contribution is 0.568. The van der Waals surface area contributed by atoms with Crippen LogP contribution in [0.4, 0.5) is 0 Å². The molecule has 0 saturated carbocycles. The molecule has 98 valence electrons. The summed E-state index contributed by atoms with van der Waals surface area (Å²) in [7, 11) is 0. The molecule has 0 aliphatic rings. The van der Waals surface area contributed by atoms with Gasteiger partial charge in [0.2, 0.25) is 0 Å². The van der Waals surface area contributed by atoms with Crippen LogP contribution in [0, 0.1) is 0 Å². The summed E-state index contributed by atoms with van der Waals surface area (Å²) in [5.74, 6) is 1.28. The molecule has 4 heteroatoms. The summed E-state index contributed by atoms with van der Waals surface area (Å²) in [6.45, 7) is 9.00. The maximum Gasteiger partial charge on any atom is -0.0159 e. The first-order chi connectivity index (χ1) is 8.45. The van der Waals surface area contributed by atoms with Crippen LogP contribution in [0.3, 0.4) is 0 Å². The maximum absolute atomic E-state index is 8.24. The van der Waals surface area contributed by atoms with Gasteiger partial charge < -0.3 is 10.8 Å². The summed E-state index contributed by atoms with van der Waals surface area (Å²) in [4.78, 5) is 16.5. The van der Waals surface area contributed by atoms with Crippen molar-refractivity contribution in [1.29, 1.82) is 0 Å². The molecule has 1 aromatic rings. The fourth-order valence-corrected chi connectivity index (χ4v) is 1.56. The van der Waals surface area contributed by atoms with Crippen molar-refractivity contribution in [2.75, 3.05) is 0 Å². The van der Waals surface area contributed by atoms with E-state index in [-0.39, 0.29) is 0 Å². The predicted octanol–water partition coefficient (Wildman–Crippen LogP) is 3.72. The number of hydrogen-bond acceptors (Lipinski definition) is 2. The second-order valence-corrected chi connectivity index (χ2v) is 4.12. The van der Waals surface area contributed by atoms with Crippen LogP contribution < -0.4 is 0 Å². The second-order valence-electron chi connectivity index (χ2n) is 4.12. The third-order valence-electron chi connectivity index (χ3n) is 2.24. The second kappa shape index (κ2) is 11.5. The van der Waals surface area contributed by atoms with Gasteiger partial charge in [-0.25, -0.2) is 0 Å². The molecular weight excluding hydrogens is 228 g/mol. The highest BCUT2D eigenvalue weighted by Crippen LogP contribution is 2.25. The Balaban J connectivity index is 0. The summed E-state index contributed by atoms with van der Waals surface area (Å²) in [6.07, 6.45) is 1.00. The Morgan fingerprint density at radius 1 is 0.833 bits per heavy atom. The molecule has 0 heterocycles. The number of benzene rings is 1. The Morgan fingerprint density at radius 2 is 1.06 bits per heavy atom. The molecule has 0 saturated heterocycles. The average molecular weight is 246 g/mol. The molecule has 1 rings (SSSR count). The van der Waals surface area contributed by atoms with E-state index in [1.807, 2.05) is 0 Å². The number of isocyanates is 2. The Bertz CT molecular complexity index is 361. The SMILES string of the molecule is CC(C)c1ccccc1C(C)C.[N-]=C=O.[N-]=C=O. The quantitative estimate of drug-likeness (QED) is 0.588. The highest BCUT2D eigenvalue weighted by atomic mass is 16.1. The summed E-state index contributed by atoms with van der Waals surface area (Å²) in [5.41, 5.74) is 2.99. The Labute approximate surface area is 108 Å². The first-order valence-corrected chi connectivity index (χ1v) is 5.57. The van der Waals surface area contributed by atoms with Gasteiger partial charge in [0.25, 0.3) is 0 Å². The minimum atomic E-state index is 0.500. The number of hydrogen-bond donors (Lipinski definition) is 0. The van der Waals surface area contributed by atoms with Gasteiger partial charge in [-0.1, -0.05) is 52.0 Å². The molecule has 0 amide bonds. The molecule has 1 aromatic carbocycles. The van der Waals surface area contributed by atoms with E-state index < -0.39 is 0 Å². The van der Waals surface area contributed by atoms with Crippen LogP contribution in [0.15, 0.2) is 24.3 Å². The van der Waals surface area contributed by atoms with Gasteiger partial charge in [-0.3, -0.25) is 9.59 Å². The van der Waals surface area contributed by atoms with Crippen molar-refractivity contribution in [3.05, 3.63) is 46.2 Å². The molecule has 0 N–H and O–H groups in total. The van der Waals surface area contributed by atoms with E-state index in [4.69, 9.17) is 20.4 Å². The van der Waals surface area contributed by atoms with Gasteiger partial charge in [-0.15, -0.1) is 0 Å². The number of nitrogens with zero attached hydrogens (tertiary/aromatic N) is 2. The van der Waals surface area contributed by atoms with Crippen molar-refractivity contribution in [2.24, 2.45) is 0 Å². The smallest absolute Gasteiger partial charge is 0.0159 e. The Kier molecular flexibility index (Phi) is 11.7. The maximum atomic E-state index is 8.24. The first-order valence-electron chi connectivity index (χ1n) is 5.57. The topological polar surface area (TPSA) is 78.7 Å². The molecule has 0 radical (unpaired) electrons. The molecular formula is C14H18N2O2-2. The van der Waals surface area contributed by atoms with E-state index in [1.54, 1.807) is 0 Å². The lowest BCUT2D eigenvalue weighted by atomic mass is 9.91. The van der Waals surface area contributed by atoms with E-state index in [1.165, 1.54) is 11.1 Å². The highest BCUT2D eigenvalue weighted by Gasteiger charge is 2.07. The molecule has 0 aliphatic carbocycles. The van der Waals surface area contributed by atoms with Crippen molar-refractivity contribution in [3.8, 4) is 0 Å². The third kappa shape index (κ3) is 8.17. The van der Waals surface area contributed by atoms with Crippen molar-refractivity contribution in [2.45, 2.75) is 39.5 Å². The zero-order chi connectivity index (χ0) is 14.6. The Morgan fingerprint density at radius 3 is 1.22 bits per heavy atom. The largest absolute Gasteiger partial charge is 0.724 e. The van der Waals surface area contributed by atoms with Crippen LogP contribution in [0.25, 0.3) is 10.8 Å². The van der Waals surface area contributed by atoms with Gasteiger partial charge >= 0.3 is 0 Å². The van der Waals surface area contributed by atoms with E-state index in [0.717, 1.165) is 0 Å². The molecule has 0 unspecified atom stereocenters. The van der Waals surface area contributed by atoms with Gasteiger partial charge in [0.15, 0.2) is 0 Å². The lowest BCUT2D eigenvalue weighted by Crippen LogP contribution is -1.97. The highest BCUT2D eigenvalue weighted by molar-refractivity contribution is 5.37. The van der Waals surface area contributed by atoms with Gasteiger partial charge in [-0.2, -0.15) is 0 Å². The number of rotatable bonds is 2. The van der Waals surface area contributed by atoms with Crippen molar-refractivity contribution >= 4 is 12.2 Å². The van der Waals surface area contributed by atoms with E-state index in [0.29, 0.717) is 24.0 Å². The van der Waals surface area contributed by atoms with E-state index in [2.05, 4.69) is 52.0 Å². The minimum absolute atomic E-state index is 0.500.